The SMILES string of the molecule is Cc1cc(Cl)c(C(=O)O)cc1NS(=O)(=O)c1cnn(C2CCOC2)c1. The molecule has 1 unspecified atom stereocenters. The molecule has 2 heterocycles. The minimum Gasteiger partial charge on any atom is -0.478 e. The van der Waals surface area contributed by atoms with Crippen LogP contribution < -0.4 is 4.72 Å². The zero-order valence-corrected chi connectivity index (χ0v) is 14.8. The Hall–Kier alpha value is -2.10. The number of carboxylic acids is 1. The van der Waals surface area contributed by atoms with Crippen molar-refractivity contribution in [1.82, 2.24) is 9.78 Å². The normalized spacial score (nSPS) is 17.6. The number of rotatable bonds is 5. The Morgan fingerprint density at radius 1 is 1.48 bits per heavy atom. The van der Waals surface area contributed by atoms with Gasteiger partial charge in [-0.15, -0.1) is 0 Å². The van der Waals surface area contributed by atoms with Gasteiger partial charge in [-0.3, -0.25) is 9.40 Å². The summed E-state index contributed by atoms with van der Waals surface area (Å²) in [5.74, 6) is -1.24. The number of carbonyl (C=O) groups is 1. The second kappa shape index (κ2) is 6.66. The van der Waals surface area contributed by atoms with Crippen molar-refractivity contribution >= 4 is 33.3 Å². The number of nitrogens with zero attached hydrogens (tertiary/aromatic N) is 2. The Bertz CT molecular complexity index is 919. The molecule has 1 aromatic heterocycles. The van der Waals surface area contributed by atoms with Crippen molar-refractivity contribution in [3.8, 4) is 0 Å². The van der Waals surface area contributed by atoms with Crippen LogP contribution in [0.4, 0.5) is 5.69 Å². The predicted octanol–water partition coefficient (Wildman–Crippen LogP) is 2.31. The monoisotopic (exact) mass is 385 g/mol. The first-order valence-corrected chi connectivity index (χ1v) is 9.32. The molecule has 25 heavy (non-hydrogen) atoms. The van der Waals surface area contributed by atoms with Gasteiger partial charge >= 0.3 is 5.97 Å². The van der Waals surface area contributed by atoms with Crippen LogP contribution in [0.2, 0.25) is 5.02 Å². The van der Waals surface area contributed by atoms with Crippen LogP contribution in [0.15, 0.2) is 29.4 Å². The fourth-order valence-electron chi connectivity index (χ4n) is 2.54. The van der Waals surface area contributed by atoms with Gasteiger partial charge in [0.05, 0.1) is 35.1 Å². The molecule has 2 aromatic rings. The number of sulfonamides is 1. The molecule has 3 rings (SSSR count). The maximum absolute atomic E-state index is 12.6. The number of halogens is 1. The van der Waals surface area contributed by atoms with Gasteiger partial charge in [0.15, 0.2) is 0 Å². The molecule has 1 atom stereocenters. The summed E-state index contributed by atoms with van der Waals surface area (Å²) in [7, 11) is -3.91. The zero-order chi connectivity index (χ0) is 18.2. The molecule has 0 radical (unpaired) electrons. The van der Waals surface area contributed by atoms with E-state index in [4.69, 9.17) is 21.4 Å². The van der Waals surface area contributed by atoms with E-state index < -0.39 is 16.0 Å². The molecule has 0 amide bonds. The van der Waals surface area contributed by atoms with Gasteiger partial charge in [-0.1, -0.05) is 11.6 Å². The average molecular weight is 386 g/mol. The topological polar surface area (TPSA) is 111 Å². The number of hydrogen-bond acceptors (Lipinski definition) is 5. The Morgan fingerprint density at radius 3 is 2.88 bits per heavy atom. The Kier molecular flexibility index (Phi) is 4.72. The summed E-state index contributed by atoms with van der Waals surface area (Å²) >= 11 is 5.88. The van der Waals surface area contributed by atoms with Gasteiger partial charge in [0.2, 0.25) is 0 Å². The van der Waals surface area contributed by atoms with Gasteiger partial charge in [-0.25, -0.2) is 13.2 Å². The van der Waals surface area contributed by atoms with Crippen molar-refractivity contribution in [2.75, 3.05) is 17.9 Å². The van der Waals surface area contributed by atoms with E-state index in [0.717, 1.165) is 6.42 Å². The molecule has 0 saturated carbocycles. The summed E-state index contributed by atoms with van der Waals surface area (Å²) in [5, 5.41) is 13.3. The fraction of sp³-hybridized carbons (Fsp3) is 0.333. The lowest BCUT2D eigenvalue weighted by atomic mass is 10.1. The van der Waals surface area contributed by atoms with Gasteiger partial charge in [0.1, 0.15) is 4.90 Å². The molecular weight excluding hydrogens is 370 g/mol. The predicted molar refractivity (Wildman–Crippen MR) is 90.7 cm³/mol. The summed E-state index contributed by atoms with van der Waals surface area (Å²) < 4.78 is 34.4. The lowest BCUT2D eigenvalue weighted by molar-refractivity contribution is 0.0697. The summed E-state index contributed by atoms with van der Waals surface area (Å²) in [5.41, 5.74) is 0.484. The first kappa shape index (κ1) is 17.7. The highest BCUT2D eigenvalue weighted by molar-refractivity contribution is 7.92. The van der Waals surface area contributed by atoms with E-state index in [-0.39, 0.29) is 27.2 Å². The lowest BCUT2D eigenvalue weighted by Crippen LogP contribution is -2.14. The van der Waals surface area contributed by atoms with Crippen molar-refractivity contribution in [3.05, 3.63) is 40.7 Å². The number of benzene rings is 1. The van der Waals surface area contributed by atoms with Crippen LogP contribution in [0.1, 0.15) is 28.4 Å². The van der Waals surface area contributed by atoms with Crippen molar-refractivity contribution in [3.63, 3.8) is 0 Å². The molecule has 0 bridgehead atoms. The first-order valence-electron chi connectivity index (χ1n) is 7.46. The maximum Gasteiger partial charge on any atom is 0.337 e. The molecule has 1 aliphatic heterocycles. The molecule has 8 nitrogen and oxygen atoms in total. The number of carboxylic acid groups (broad SMARTS) is 1. The zero-order valence-electron chi connectivity index (χ0n) is 13.3. The van der Waals surface area contributed by atoms with Crippen LogP contribution in [0.3, 0.4) is 0 Å². The Morgan fingerprint density at radius 2 is 2.24 bits per heavy atom. The van der Waals surface area contributed by atoms with E-state index in [1.807, 2.05) is 0 Å². The van der Waals surface area contributed by atoms with Crippen LogP contribution in [0.25, 0.3) is 0 Å². The van der Waals surface area contributed by atoms with E-state index >= 15 is 0 Å². The van der Waals surface area contributed by atoms with Gasteiger partial charge in [-0.2, -0.15) is 5.10 Å². The number of nitrogens with one attached hydrogen (secondary N) is 1. The average Bonchev–Trinajstić information content (AvgIpc) is 3.19. The van der Waals surface area contributed by atoms with Crippen molar-refractivity contribution < 1.29 is 23.1 Å². The van der Waals surface area contributed by atoms with Crippen molar-refractivity contribution in [2.24, 2.45) is 0 Å². The van der Waals surface area contributed by atoms with Gasteiger partial charge in [0.25, 0.3) is 10.0 Å². The quantitative estimate of drug-likeness (QED) is 0.817. The number of aryl methyl sites for hydroxylation is 1. The smallest absolute Gasteiger partial charge is 0.337 e. The molecule has 1 aromatic carbocycles. The van der Waals surface area contributed by atoms with Crippen LogP contribution in [0.5, 0.6) is 0 Å². The van der Waals surface area contributed by atoms with Gasteiger partial charge < -0.3 is 9.84 Å². The third kappa shape index (κ3) is 3.63. The van der Waals surface area contributed by atoms with E-state index in [1.165, 1.54) is 24.5 Å². The highest BCUT2D eigenvalue weighted by atomic mass is 35.5. The van der Waals surface area contributed by atoms with E-state index in [0.29, 0.717) is 18.8 Å². The second-order valence-corrected chi connectivity index (χ2v) is 7.82. The number of aromatic nitrogens is 2. The van der Waals surface area contributed by atoms with Crippen LogP contribution in [0, 0.1) is 6.92 Å². The number of hydrogen-bond donors (Lipinski definition) is 2. The first-order chi connectivity index (χ1) is 11.8. The third-order valence-electron chi connectivity index (χ3n) is 3.96. The standard InChI is InChI=1S/C15H16ClN3O5S/c1-9-4-13(16)12(15(20)21)5-14(9)18-25(22,23)11-6-17-19(7-11)10-2-3-24-8-10/h4-7,10,18H,2-3,8H2,1H3,(H,20,21). The molecule has 2 N–H and O–H groups in total. The maximum atomic E-state index is 12.6. The molecule has 0 aliphatic carbocycles. The largest absolute Gasteiger partial charge is 0.478 e. The van der Waals surface area contributed by atoms with E-state index in [1.54, 1.807) is 11.6 Å². The van der Waals surface area contributed by atoms with Crippen LogP contribution in [-0.2, 0) is 14.8 Å². The highest BCUT2D eigenvalue weighted by Crippen LogP contribution is 2.27. The summed E-state index contributed by atoms with van der Waals surface area (Å²) in [6.07, 6.45) is 3.46. The summed E-state index contributed by atoms with van der Waals surface area (Å²) in [6, 6.07) is 2.62. The van der Waals surface area contributed by atoms with Crippen molar-refractivity contribution in [1.29, 1.82) is 0 Å². The van der Waals surface area contributed by atoms with Gasteiger partial charge in [0, 0.05) is 12.8 Å². The number of ether oxygens (including phenoxy) is 1. The minimum atomic E-state index is -3.91. The number of aromatic carboxylic acids is 1. The van der Waals surface area contributed by atoms with Crippen LogP contribution in [-0.4, -0.2) is 42.5 Å². The third-order valence-corrected chi connectivity index (χ3v) is 5.59. The fourth-order valence-corrected chi connectivity index (χ4v) is 3.90. The Balaban J connectivity index is 1.89. The minimum absolute atomic E-state index is 0.00868. The molecule has 1 aliphatic rings. The second-order valence-electron chi connectivity index (χ2n) is 5.73. The molecule has 134 valence electrons. The number of anilines is 1. The summed E-state index contributed by atoms with van der Waals surface area (Å²) in [6.45, 7) is 2.74. The molecular formula is C15H16ClN3O5S. The highest BCUT2D eigenvalue weighted by Gasteiger charge is 2.23. The molecule has 10 heteroatoms. The molecule has 1 saturated heterocycles. The molecule has 0 spiro atoms. The Labute approximate surface area is 149 Å². The lowest BCUT2D eigenvalue weighted by Gasteiger charge is -2.11. The van der Waals surface area contributed by atoms with E-state index in [2.05, 4.69) is 9.82 Å². The van der Waals surface area contributed by atoms with Gasteiger partial charge in [-0.05, 0) is 31.0 Å². The van der Waals surface area contributed by atoms with E-state index in [9.17, 15) is 13.2 Å². The van der Waals surface area contributed by atoms with Crippen molar-refractivity contribution in [2.45, 2.75) is 24.3 Å². The van der Waals surface area contributed by atoms with Crippen LogP contribution >= 0.6 is 11.6 Å². The summed E-state index contributed by atoms with van der Waals surface area (Å²) in [4.78, 5) is 11.2. The molecule has 1 fully saturated rings.